The average molecular weight is 162 g/mol. The summed E-state index contributed by atoms with van der Waals surface area (Å²) in [6.07, 6.45) is 0.918. The van der Waals surface area contributed by atoms with E-state index in [1.54, 1.807) is 13.8 Å². The fourth-order valence-corrected chi connectivity index (χ4v) is 0.969. The first-order valence-corrected chi connectivity index (χ1v) is 3.71. The second kappa shape index (κ2) is 3.46. The van der Waals surface area contributed by atoms with Crippen LogP contribution in [-0.4, -0.2) is 16.5 Å². The lowest BCUT2D eigenvalue weighted by atomic mass is 9.90. The van der Waals surface area contributed by atoms with Gasteiger partial charge in [0, 0.05) is 0 Å². The molecule has 0 unspecified atom stereocenters. The van der Waals surface area contributed by atoms with E-state index < -0.39 is 11.4 Å². The highest BCUT2D eigenvalue weighted by molar-refractivity contribution is 4.94. The van der Waals surface area contributed by atoms with Gasteiger partial charge in [0.2, 0.25) is 0 Å². The van der Waals surface area contributed by atoms with Crippen LogP contribution in [0.2, 0.25) is 0 Å². The highest BCUT2D eigenvalue weighted by Crippen LogP contribution is 2.20. The van der Waals surface area contributed by atoms with Crippen molar-refractivity contribution < 1.29 is 5.11 Å². The third-order valence-corrected chi connectivity index (χ3v) is 2.18. The molecule has 0 saturated heterocycles. The first-order valence-electron chi connectivity index (χ1n) is 3.71. The molecule has 11 heavy (non-hydrogen) atoms. The summed E-state index contributed by atoms with van der Waals surface area (Å²) in [6, 6.07) is 0. The van der Waals surface area contributed by atoms with E-state index in [4.69, 9.17) is 17.3 Å². The predicted molar refractivity (Wildman–Crippen MR) is 44.0 cm³/mol. The Morgan fingerprint density at radius 2 is 1.64 bits per heavy atom. The molecular weight excluding hydrogens is 144 g/mol. The van der Waals surface area contributed by atoms with E-state index >= 15 is 0 Å². The van der Waals surface area contributed by atoms with Crippen molar-refractivity contribution in [2.75, 3.05) is 0 Å². The van der Waals surface area contributed by atoms with Crippen LogP contribution in [0.5, 0.6) is 0 Å². The molecule has 0 aliphatic heterocycles. The van der Waals surface area contributed by atoms with Gasteiger partial charge in [-0.3, -0.25) is 17.3 Å². The Morgan fingerprint density at radius 1 is 1.27 bits per heavy atom. The van der Waals surface area contributed by atoms with Gasteiger partial charge >= 0.3 is 0 Å². The maximum absolute atomic E-state index is 9.76. The second-order valence-corrected chi connectivity index (χ2v) is 2.75. The molecule has 0 aliphatic carbocycles. The van der Waals surface area contributed by atoms with Crippen molar-refractivity contribution in [3.05, 3.63) is 0 Å². The lowest BCUT2D eigenvalue weighted by Crippen LogP contribution is -2.76. The summed E-state index contributed by atoms with van der Waals surface area (Å²) < 4.78 is 0. The fourth-order valence-electron chi connectivity index (χ4n) is 0.969. The third-order valence-electron chi connectivity index (χ3n) is 2.18. The SMILES string of the molecule is CCC(O)(CC)C(N)(N)NN. The van der Waals surface area contributed by atoms with E-state index in [-0.39, 0.29) is 0 Å². The highest BCUT2D eigenvalue weighted by Gasteiger charge is 2.41. The Hall–Kier alpha value is -0.200. The maximum Gasteiger partial charge on any atom is 0.160 e. The van der Waals surface area contributed by atoms with Gasteiger partial charge in [-0.1, -0.05) is 13.8 Å². The normalized spacial score (nSPS) is 13.6. The van der Waals surface area contributed by atoms with Crippen LogP contribution < -0.4 is 22.7 Å². The number of hydrogen-bond acceptors (Lipinski definition) is 5. The van der Waals surface area contributed by atoms with E-state index in [1.807, 2.05) is 0 Å². The maximum atomic E-state index is 9.76. The number of hydrogen-bond donors (Lipinski definition) is 5. The molecule has 0 fully saturated rings. The van der Waals surface area contributed by atoms with Crippen molar-refractivity contribution in [2.24, 2.45) is 17.3 Å². The Bertz CT molecular complexity index is 122. The van der Waals surface area contributed by atoms with Crippen LogP contribution in [-0.2, 0) is 0 Å². The van der Waals surface area contributed by atoms with Crippen LogP contribution >= 0.6 is 0 Å². The average Bonchev–Trinajstić information content (AvgIpc) is 2.02. The summed E-state index contributed by atoms with van der Waals surface area (Å²) in [7, 11) is 0. The van der Waals surface area contributed by atoms with Crippen LogP contribution in [0.4, 0.5) is 0 Å². The van der Waals surface area contributed by atoms with Crippen LogP contribution in [0.25, 0.3) is 0 Å². The van der Waals surface area contributed by atoms with Crippen molar-refractivity contribution in [1.29, 1.82) is 0 Å². The quantitative estimate of drug-likeness (QED) is 0.198. The van der Waals surface area contributed by atoms with Gasteiger partial charge in [0.15, 0.2) is 5.79 Å². The molecule has 5 nitrogen and oxygen atoms in total. The molecule has 0 aliphatic rings. The molecule has 5 heteroatoms. The van der Waals surface area contributed by atoms with Gasteiger partial charge in [0.1, 0.15) is 5.60 Å². The van der Waals surface area contributed by atoms with Crippen molar-refractivity contribution in [3.63, 3.8) is 0 Å². The van der Waals surface area contributed by atoms with Crippen molar-refractivity contribution in [1.82, 2.24) is 5.43 Å². The molecular formula is C6H18N4O. The molecule has 0 amide bonds. The van der Waals surface area contributed by atoms with Gasteiger partial charge < -0.3 is 5.11 Å². The summed E-state index contributed by atoms with van der Waals surface area (Å²) >= 11 is 0. The van der Waals surface area contributed by atoms with E-state index in [9.17, 15) is 5.11 Å². The van der Waals surface area contributed by atoms with Crippen LogP contribution in [0.1, 0.15) is 26.7 Å². The number of nitrogens with two attached hydrogens (primary N) is 3. The minimum absolute atomic E-state index is 0.459. The zero-order chi connectivity index (χ0) is 9.12. The van der Waals surface area contributed by atoms with Gasteiger partial charge in [0.25, 0.3) is 0 Å². The molecule has 0 saturated carbocycles. The molecule has 0 bridgehead atoms. The summed E-state index contributed by atoms with van der Waals surface area (Å²) in [5.74, 6) is 3.66. The first-order chi connectivity index (χ1) is 4.93. The van der Waals surface area contributed by atoms with Gasteiger partial charge in [0.05, 0.1) is 0 Å². The van der Waals surface area contributed by atoms with E-state index in [1.165, 1.54) is 0 Å². The Kier molecular flexibility index (Phi) is 3.40. The highest BCUT2D eigenvalue weighted by atomic mass is 16.3. The summed E-state index contributed by atoms with van der Waals surface area (Å²) in [6.45, 7) is 3.60. The van der Waals surface area contributed by atoms with Gasteiger partial charge in [-0.25, -0.2) is 5.43 Å². The summed E-state index contributed by atoms with van der Waals surface area (Å²) in [4.78, 5) is 0. The monoisotopic (exact) mass is 162 g/mol. The zero-order valence-electron chi connectivity index (χ0n) is 7.09. The molecule has 0 aromatic rings. The number of aliphatic hydroxyl groups is 1. The van der Waals surface area contributed by atoms with E-state index in [0.717, 1.165) is 0 Å². The van der Waals surface area contributed by atoms with Crippen LogP contribution in [0.15, 0.2) is 0 Å². The van der Waals surface area contributed by atoms with E-state index in [0.29, 0.717) is 12.8 Å². The van der Waals surface area contributed by atoms with Crippen molar-refractivity contribution >= 4 is 0 Å². The molecule has 0 radical (unpaired) electrons. The molecule has 68 valence electrons. The van der Waals surface area contributed by atoms with Crippen LogP contribution in [0.3, 0.4) is 0 Å². The van der Waals surface area contributed by atoms with Crippen LogP contribution in [0, 0.1) is 0 Å². The van der Waals surface area contributed by atoms with E-state index in [2.05, 4.69) is 5.43 Å². The largest absolute Gasteiger partial charge is 0.385 e. The standard InChI is InChI=1S/C6H18N4O/c1-3-5(11,4-2)6(7,8)10-9/h10-11H,3-4,7-9H2,1-2H3. The van der Waals surface area contributed by atoms with Gasteiger partial charge in [-0.05, 0) is 12.8 Å². The molecule has 0 aromatic heterocycles. The van der Waals surface area contributed by atoms with Crippen molar-refractivity contribution in [2.45, 2.75) is 38.1 Å². The second-order valence-electron chi connectivity index (χ2n) is 2.75. The Morgan fingerprint density at radius 3 is 1.73 bits per heavy atom. The van der Waals surface area contributed by atoms with Gasteiger partial charge in [-0.15, -0.1) is 0 Å². The molecule has 0 atom stereocenters. The fraction of sp³-hybridized carbons (Fsp3) is 1.00. The Labute approximate surface area is 66.9 Å². The molecule has 0 aromatic carbocycles. The first kappa shape index (κ1) is 10.8. The zero-order valence-corrected chi connectivity index (χ0v) is 7.09. The lowest BCUT2D eigenvalue weighted by Gasteiger charge is -2.40. The van der Waals surface area contributed by atoms with Gasteiger partial charge in [-0.2, -0.15) is 0 Å². The predicted octanol–water partition coefficient (Wildman–Crippen LogP) is -1.43. The number of rotatable bonds is 4. The molecule has 8 N–H and O–H groups in total. The topological polar surface area (TPSA) is 110 Å². The molecule has 0 spiro atoms. The molecule has 0 heterocycles. The minimum atomic E-state index is -1.42. The molecule has 0 rings (SSSR count). The Balaban J connectivity index is 4.47. The number of nitrogens with one attached hydrogen (secondary N) is 1. The lowest BCUT2D eigenvalue weighted by molar-refractivity contribution is -0.0557. The third kappa shape index (κ3) is 1.88. The summed E-state index contributed by atoms with van der Waals surface area (Å²) in [5.41, 5.74) is 12.1. The summed E-state index contributed by atoms with van der Waals surface area (Å²) in [5, 5.41) is 9.76. The van der Waals surface area contributed by atoms with Crippen molar-refractivity contribution in [3.8, 4) is 0 Å². The minimum Gasteiger partial charge on any atom is -0.385 e. The number of hydrazine groups is 1. The smallest absolute Gasteiger partial charge is 0.160 e.